The van der Waals surface area contributed by atoms with Gasteiger partial charge in [0.05, 0.1) is 6.61 Å². The number of fused-ring (bicyclic) bond motifs is 2. The lowest BCUT2D eigenvalue weighted by Crippen LogP contribution is -2.34. The summed E-state index contributed by atoms with van der Waals surface area (Å²) in [6, 6.07) is 6.65. The summed E-state index contributed by atoms with van der Waals surface area (Å²) in [4.78, 5) is 23.8. The van der Waals surface area contributed by atoms with E-state index in [1.165, 1.54) is 6.42 Å². The zero-order valence-electron chi connectivity index (χ0n) is 15.9. The molecule has 1 aromatic carbocycles. The van der Waals surface area contributed by atoms with Gasteiger partial charge in [0.25, 0.3) is 5.91 Å². The van der Waals surface area contributed by atoms with Crippen LogP contribution in [-0.2, 0) is 4.74 Å². The molecule has 0 radical (unpaired) electrons. The fraction of sp³-hybridized carbons (Fsp3) is 0.550. The SMILES string of the molecule is CCOC(=O)Nc1ccc(C(=O)N/N=C2/C[C@@H]3CC[C@@]2(C)C3(C)C)cc1. The predicted octanol–water partition coefficient (Wildman–Crippen LogP) is 4.19. The van der Waals surface area contributed by atoms with Crippen LogP contribution in [0.4, 0.5) is 10.5 Å². The van der Waals surface area contributed by atoms with Crippen molar-refractivity contribution in [2.75, 3.05) is 11.9 Å². The minimum Gasteiger partial charge on any atom is -0.450 e. The lowest BCUT2D eigenvalue weighted by molar-refractivity contribution is 0.0954. The molecule has 2 atom stereocenters. The van der Waals surface area contributed by atoms with Crippen molar-refractivity contribution in [1.82, 2.24) is 5.43 Å². The summed E-state index contributed by atoms with van der Waals surface area (Å²) >= 11 is 0. The van der Waals surface area contributed by atoms with Gasteiger partial charge in [-0.15, -0.1) is 0 Å². The molecule has 0 aliphatic heterocycles. The van der Waals surface area contributed by atoms with Gasteiger partial charge >= 0.3 is 6.09 Å². The van der Waals surface area contributed by atoms with E-state index in [2.05, 4.69) is 36.6 Å². The van der Waals surface area contributed by atoms with Crippen LogP contribution in [0.3, 0.4) is 0 Å². The average molecular weight is 357 g/mol. The van der Waals surface area contributed by atoms with E-state index in [-0.39, 0.29) is 16.7 Å². The largest absolute Gasteiger partial charge is 0.450 e. The van der Waals surface area contributed by atoms with Gasteiger partial charge in [0.15, 0.2) is 0 Å². The number of benzene rings is 1. The minimum absolute atomic E-state index is 0.0678. The first-order chi connectivity index (χ1) is 12.3. The zero-order valence-corrected chi connectivity index (χ0v) is 15.9. The molecule has 1 aromatic rings. The van der Waals surface area contributed by atoms with Crippen molar-refractivity contribution in [3.05, 3.63) is 29.8 Å². The lowest BCUT2D eigenvalue weighted by Gasteiger charge is -2.34. The van der Waals surface area contributed by atoms with E-state index >= 15 is 0 Å². The van der Waals surface area contributed by atoms with Crippen molar-refractivity contribution in [3.8, 4) is 0 Å². The third kappa shape index (κ3) is 3.08. The Labute approximate surface area is 154 Å². The summed E-state index contributed by atoms with van der Waals surface area (Å²) in [7, 11) is 0. The first-order valence-electron chi connectivity index (χ1n) is 9.19. The molecule has 3 rings (SSSR count). The highest BCUT2D eigenvalue weighted by atomic mass is 16.5. The molecule has 2 N–H and O–H groups in total. The zero-order chi connectivity index (χ0) is 18.9. The maximum absolute atomic E-state index is 12.4. The molecular formula is C20H27N3O3. The van der Waals surface area contributed by atoms with Crippen LogP contribution in [0.2, 0.25) is 0 Å². The number of rotatable bonds is 4. The molecule has 26 heavy (non-hydrogen) atoms. The standard InChI is InChI=1S/C20H27N3O3/c1-5-26-18(25)21-15-8-6-13(7-9-15)17(24)23-22-16-12-14-10-11-20(16,4)19(14,2)3/h6-9,14H,5,10-12H2,1-4H3,(H,21,25)(H,23,24)/b22-16-/t14-,20+/m0/s1. The number of nitrogens with zero attached hydrogens (tertiary/aromatic N) is 1. The second-order valence-electron chi connectivity index (χ2n) is 7.92. The Morgan fingerprint density at radius 1 is 1.23 bits per heavy atom. The first kappa shape index (κ1) is 18.4. The van der Waals surface area contributed by atoms with Crippen molar-refractivity contribution < 1.29 is 14.3 Å². The molecule has 2 saturated carbocycles. The molecule has 0 heterocycles. The van der Waals surface area contributed by atoms with Crippen LogP contribution < -0.4 is 10.7 Å². The van der Waals surface area contributed by atoms with Crippen LogP contribution >= 0.6 is 0 Å². The molecular weight excluding hydrogens is 330 g/mol. The van der Waals surface area contributed by atoms with E-state index in [1.54, 1.807) is 31.2 Å². The lowest BCUT2D eigenvalue weighted by atomic mass is 9.70. The Balaban J connectivity index is 1.63. The third-order valence-corrected chi connectivity index (χ3v) is 6.47. The van der Waals surface area contributed by atoms with Crippen LogP contribution in [0.15, 0.2) is 29.4 Å². The smallest absolute Gasteiger partial charge is 0.411 e. The van der Waals surface area contributed by atoms with Crippen LogP contribution in [0.5, 0.6) is 0 Å². The summed E-state index contributed by atoms with van der Waals surface area (Å²) in [6.07, 6.45) is 2.83. The molecule has 0 spiro atoms. The van der Waals surface area contributed by atoms with E-state index in [4.69, 9.17) is 4.74 Å². The number of ether oxygens (including phenoxy) is 1. The van der Waals surface area contributed by atoms with E-state index in [0.717, 1.165) is 18.6 Å². The molecule has 2 bridgehead atoms. The number of nitrogens with one attached hydrogen (secondary N) is 2. The van der Waals surface area contributed by atoms with Gasteiger partial charge in [0.2, 0.25) is 0 Å². The second kappa shape index (κ2) is 6.74. The van der Waals surface area contributed by atoms with E-state index in [1.807, 2.05) is 0 Å². The maximum Gasteiger partial charge on any atom is 0.411 e. The maximum atomic E-state index is 12.4. The van der Waals surface area contributed by atoms with Gasteiger partial charge in [-0.2, -0.15) is 5.10 Å². The number of carbonyl (C=O) groups excluding carboxylic acids is 2. The minimum atomic E-state index is -0.511. The summed E-state index contributed by atoms with van der Waals surface area (Å²) in [5, 5.41) is 7.07. The fourth-order valence-corrected chi connectivity index (χ4v) is 4.27. The van der Waals surface area contributed by atoms with Crippen molar-refractivity contribution in [2.45, 2.75) is 47.0 Å². The average Bonchev–Trinajstić information content (AvgIpc) is 2.93. The Bertz CT molecular complexity index is 739. The molecule has 0 unspecified atom stereocenters. The van der Waals surface area contributed by atoms with Crippen LogP contribution in [-0.4, -0.2) is 24.3 Å². The molecule has 6 nitrogen and oxygen atoms in total. The molecule has 2 fully saturated rings. The Kier molecular flexibility index (Phi) is 4.78. The number of hydrogen-bond donors (Lipinski definition) is 2. The van der Waals surface area contributed by atoms with Crippen molar-refractivity contribution in [3.63, 3.8) is 0 Å². The van der Waals surface area contributed by atoms with Crippen molar-refractivity contribution in [1.29, 1.82) is 0 Å². The van der Waals surface area contributed by atoms with E-state index in [9.17, 15) is 9.59 Å². The summed E-state index contributed by atoms with van der Waals surface area (Å²) in [5.74, 6) is 0.403. The van der Waals surface area contributed by atoms with Gasteiger partial charge in [-0.05, 0) is 61.8 Å². The van der Waals surface area contributed by atoms with E-state index < -0.39 is 6.09 Å². The number of hydrazone groups is 1. The van der Waals surface area contributed by atoms with Crippen molar-refractivity contribution in [2.24, 2.45) is 21.8 Å². The Hall–Kier alpha value is -2.37. The summed E-state index contributed by atoms with van der Waals surface area (Å²) in [6.45, 7) is 8.94. The molecule has 0 saturated heterocycles. The molecule has 6 heteroatoms. The Morgan fingerprint density at radius 2 is 1.92 bits per heavy atom. The summed E-state index contributed by atoms with van der Waals surface area (Å²) < 4.78 is 4.82. The van der Waals surface area contributed by atoms with Gasteiger partial charge in [-0.25, -0.2) is 10.2 Å². The molecule has 2 amide bonds. The molecule has 140 valence electrons. The monoisotopic (exact) mass is 357 g/mol. The van der Waals surface area contributed by atoms with Crippen LogP contribution in [0.25, 0.3) is 0 Å². The van der Waals surface area contributed by atoms with Gasteiger partial charge in [0, 0.05) is 22.4 Å². The predicted molar refractivity (Wildman–Crippen MR) is 101 cm³/mol. The topological polar surface area (TPSA) is 79.8 Å². The summed E-state index contributed by atoms with van der Waals surface area (Å²) in [5.41, 5.74) is 5.19. The number of anilines is 1. The first-order valence-corrected chi connectivity index (χ1v) is 9.19. The fourth-order valence-electron chi connectivity index (χ4n) is 4.27. The highest BCUT2D eigenvalue weighted by Gasteiger charge is 2.60. The van der Waals surface area contributed by atoms with Crippen molar-refractivity contribution >= 4 is 23.4 Å². The van der Waals surface area contributed by atoms with E-state index in [0.29, 0.717) is 23.8 Å². The molecule has 0 aromatic heterocycles. The quantitative estimate of drug-likeness (QED) is 0.793. The Morgan fingerprint density at radius 3 is 2.46 bits per heavy atom. The second-order valence-corrected chi connectivity index (χ2v) is 7.92. The molecule has 2 aliphatic carbocycles. The normalized spacial score (nSPS) is 27.4. The highest BCUT2D eigenvalue weighted by Crippen LogP contribution is 2.63. The van der Waals surface area contributed by atoms with Gasteiger partial charge in [0.1, 0.15) is 0 Å². The van der Waals surface area contributed by atoms with Gasteiger partial charge < -0.3 is 4.74 Å². The van der Waals surface area contributed by atoms with Crippen LogP contribution in [0, 0.1) is 16.7 Å². The highest BCUT2D eigenvalue weighted by molar-refractivity contribution is 5.98. The van der Waals surface area contributed by atoms with Gasteiger partial charge in [-0.3, -0.25) is 10.1 Å². The van der Waals surface area contributed by atoms with Crippen LogP contribution in [0.1, 0.15) is 57.3 Å². The third-order valence-electron chi connectivity index (χ3n) is 6.47. The van der Waals surface area contributed by atoms with Gasteiger partial charge in [-0.1, -0.05) is 20.8 Å². The number of carbonyl (C=O) groups is 2. The number of hydrogen-bond acceptors (Lipinski definition) is 4. The molecule has 2 aliphatic rings. The number of amides is 2.